The molecule has 1 aliphatic rings. The second-order valence-corrected chi connectivity index (χ2v) is 8.13. The van der Waals surface area contributed by atoms with Crippen molar-refractivity contribution in [2.45, 2.75) is 26.4 Å². The van der Waals surface area contributed by atoms with E-state index in [0.29, 0.717) is 43.0 Å². The van der Waals surface area contributed by atoms with Crippen LogP contribution in [0.5, 0.6) is 5.88 Å². The Labute approximate surface area is 201 Å². The molecular formula is C24H31N5O3S. The number of carbonyl (C=O) groups is 1. The molecule has 0 aliphatic carbocycles. The Kier molecular flexibility index (Phi) is 8.10. The number of pyridine rings is 1. The van der Waals surface area contributed by atoms with Crippen LogP contribution in [0, 0.1) is 6.92 Å². The number of morpholine rings is 1. The van der Waals surface area contributed by atoms with Gasteiger partial charge in [-0.05, 0) is 30.7 Å². The summed E-state index contributed by atoms with van der Waals surface area (Å²) in [5, 5.41) is 0. The van der Waals surface area contributed by atoms with Gasteiger partial charge in [-0.1, -0.05) is 13.0 Å². The molecule has 2 aromatic heterocycles. The van der Waals surface area contributed by atoms with Gasteiger partial charge in [0.2, 0.25) is 11.8 Å². The minimum Gasteiger partial charge on any atom is -0.473 e. The molecule has 0 N–H and O–H groups in total. The quantitative estimate of drug-likeness (QED) is 0.548. The third kappa shape index (κ3) is 5.54. The maximum absolute atomic E-state index is 12.1. The molecule has 0 unspecified atom stereocenters. The summed E-state index contributed by atoms with van der Waals surface area (Å²) in [4.78, 5) is 29.6. The Hall–Kier alpha value is -2.91. The van der Waals surface area contributed by atoms with E-state index in [0.717, 1.165) is 22.5 Å². The summed E-state index contributed by atoms with van der Waals surface area (Å²) in [6.45, 7) is 5.88. The van der Waals surface area contributed by atoms with Crippen molar-refractivity contribution >= 4 is 36.1 Å². The highest BCUT2D eigenvalue weighted by Gasteiger charge is 2.24. The number of carbonyl (C=O) groups excluding carboxylic acids is 1. The number of benzene rings is 1. The van der Waals surface area contributed by atoms with Gasteiger partial charge >= 0.3 is 0 Å². The van der Waals surface area contributed by atoms with Crippen LogP contribution in [0.2, 0.25) is 0 Å². The van der Waals surface area contributed by atoms with E-state index in [4.69, 9.17) is 14.5 Å². The van der Waals surface area contributed by atoms with Crippen molar-refractivity contribution in [1.29, 1.82) is 0 Å². The highest BCUT2D eigenvalue weighted by atomic mass is 32.1. The van der Waals surface area contributed by atoms with Crippen LogP contribution >= 0.6 is 13.5 Å². The van der Waals surface area contributed by atoms with E-state index in [-0.39, 0.29) is 32.1 Å². The van der Waals surface area contributed by atoms with Crippen LogP contribution in [0.4, 0.5) is 5.69 Å². The van der Waals surface area contributed by atoms with Gasteiger partial charge in [-0.3, -0.25) is 9.78 Å². The molecule has 0 radical (unpaired) electrons. The lowest BCUT2D eigenvalue weighted by molar-refractivity contribution is -0.139. The first-order valence-electron chi connectivity index (χ1n) is 10.9. The first-order chi connectivity index (χ1) is 15.5. The number of anilines is 1. The number of rotatable bonds is 6. The van der Waals surface area contributed by atoms with Crippen molar-refractivity contribution in [3.8, 4) is 17.1 Å². The van der Waals surface area contributed by atoms with Gasteiger partial charge in [0.25, 0.3) is 0 Å². The molecule has 8 nitrogen and oxygen atoms in total. The Morgan fingerprint density at radius 2 is 2.03 bits per heavy atom. The fraction of sp³-hybridized carbons (Fsp3) is 0.417. The Bertz CT molecular complexity index is 1120. The molecule has 176 valence electrons. The molecule has 1 aliphatic heterocycles. The normalized spacial score (nSPS) is 15.8. The summed E-state index contributed by atoms with van der Waals surface area (Å²) >= 11 is 0. The van der Waals surface area contributed by atoms with Crippen LogP contribution in [-0.4, -0.2) is 72.3 Å². The summed E-state index contributed by atoms with van der Waals surface area (Å²) in [6, 6.07) is 8.18. The molecule has 1 amide bonds. The first-order valence-corrected chi connectivity index (χ1v) is 10.9. The van der Waals surface area contributed by atoms with Crippen molar-refractivity contribution in [2.75, 3.05) is 45.3 Å². The van der Waals surface area contributed by atoms with Crippen LogP contribution in [0.3, 0.4) is 0 Å². The second-order valence-electron chi connectivity index (χ2n) is 8.13. The zero-order valence-corrected chi connectivity index (χ0v) is 20.5. The highest BCUT2D eigenvalue weighted by Crippen LogP contribution is 2.30. The third-order valence-electron chi connectivity index (χ3n) is 5.60. The molecule has 1 aromatic carbocycles. The van der Waals surface area contributed by atoms with E-state index < -0.39 is 0 Å². The minimum absolute atomic E-state index is 0. The van der Waals surface area contributed by atoms with Crippen LogP contribution in [-0.2, 0) is 9.53 Å². The predicted molar refractivity (Wildman–Crippen MR) is 134 cm³/mol. The number of ether oxygens (including phenoxy) is 2. The van der Waals surface area contributed by atoms with Crippen molar-refractivity contribution in [3.05, 3.63) is 42.2 Å². The molecule has 9 heteroatoms. The van der Waals surface area contributed by atoms with Gasteiger partial charge in [0, 0.05) is 50.7 Å². The number of aromatic nitrogens is 3. The van der Waals surface area contributed by atoms with E-state index >= 15 is 0 Å². The van der Waals surface area contributed by atoms with E-state index in [1.807, 2.05) is 32.0 Å². The molecular weight excluding hydrogens is 438 g/mol. The lowest BCUT2D eigenvalue weighted by Gasteiger charge is -2.32. The molecule has 4 rings (SSSR count). The molecule has 1 saturated heterocycles. The fourth-order valence-electron chi connectivity index (χ4n) is 3.95. The zero-order valence-electron chi connectivity index (χ0n) is 19.5. The molecule has 0 bridgehead atoms. The maximum Gasteiger partial charge on any atom is 0.242 e. The first kappa shape index (κ1) is 24.7. The molecule has 33 heavy (non-hydrogen) atoms. The van der Waals surface area contributed by atoms with Gasteiger partial charge < -0.3 is 19.3 Å². The number of aryl methyl sites for hydroxylation is 1. The third-order valence-corrected chi connectivity index (χ3v) is 5.60. The lowest BCUT2D eigenvalue weighted by Crippen LogP contribution is -2.47. The van der Waals surface area contributed by atoms with E-state index in [1.165, 1.54) is 0 Å². The number of amides is 1. The summed E-state index contributed by atoms with van der Waals surface area (Å²) in [7, 11) is 4.06. The molecule has 3 aromatic rings. The minimum atomic E-state index is -0.210. The van der Waals surface area contributed by atoms with Gasteiger partial charge in [0.1, 0.15) is 12.7 Å². The number of hydrogen-bond acceptors (Lipinski definition) is 7. The zero-order chi connectivity index (χ0) is 22.7. The predicted octanol–water partition coefficient (Wildman–Crippen LogP) is 3.20. The van der Waals surface area contributed by atoms with E-state index in [2.05, 4.69) is 40.0 Å². The number of nitrogens with zero attached hydrogens (tertiary/aromatic N) is 5. The smallest absolute Gasteiger partial charge is 0.242 e. The lowest BCUT2D eigenvalue weighted by atomic mass is 10.1. The summed E-state index contributed by atoms with van der Waals surface area (Å²) in [6.07, 6.45) is 3.57. The number of hydrogen-bond donors (Lipinski definition) is 0. The average Bonchev–Trinajstić information content (AvgIpc) is 2.81. The largest absolute Gasteiger partial charge is 0.473 e. The summed E-state index contributed by atoms with van der Waals surface area (Å²) in [5.74, 6) is 0.550. The molecule has 0 saturated carbocycles. The number of fused-ring (bicyclic) bond motifs is 1. The summed E-state index contributed by atoms with van der Waals surface area (Å²) in [5.41, 5.74) is 5.40. The van der Waals surface area contributed by atoms with Crippen molar-refractivity contribution in [3.63, 3.8) is 0 Å². The molecule has 1 fully saturated rings. The summed E-state index contributed by atoms with van der Waals surface area (Å²) < 4.78 is 11.9. The van der Waals surface area contributed by atoms with Crippen LogP contribution in [0.25, 0.3) is 22.3 Å². The maximum atomic E-state index is 12.1. The fourth-order valence-corrected chi connectivity index (χ4v) is 3.95. The van der Waals surface area contributed by atoms with Crippen molar-refractivity contribution < 1.29 is 14.3 Å². The van der Waals surface area contributed by atoms with Gasteiger partial charge in [0.05, 0.1) is 24.4 Å². The molecule has 0 spiro atoms. The van der Waals surface area contributed by atoms with Gasteiger partial charge in [-0.15, -0.1) is 0 Å². The van der Waals surface area contributed by atoms with Crippen molar-refractivity contribution in [1.82, 2.24) is 19.9 Å². The SMILES string of the molecule is CCC(=O)N1CCO[C@H](COc2nc(-c3ccc(N(C)C)c(C)c3)cc3nccnc23)C1.S. The van der Waals surface area contributed by atoms with Gasteiger partial charge in [-0.2, -0.15) is 13.5 Å². The topological polar surface area (TPSA) is 80.7 Å². The van der Waals surface area contributed by atoms with Crippen LogP contribution < -0.4 is 9.64 Å². The van der Waals surface area contributed by atoms with Gasteiger partial charge in [0.15, 0.2) is 5.52 Å². The van der Waals surface area contributed by atoms with Crippen molar-refractivity contribution in [2.24, 2.45) is 0 Å². The Morgan fingerprint density at radius 3 is 2.76 bits per heavy atom. The Morgan fingerprint density at radius 1 is 1.24 bits per heavy atom. The second kappa shape index (κ2) is 10.8. The monoisotopic (exact) mass is 469 g/mol. The van der Waals surface area contributed by atoms with E-state index in [9.17, 15) is 4.79 Å². The Balaban J connectivity index is 0.00000306. The van der Waals surface area contributed by atoms with Crippen LogP contribution in [0.1, 0.15) is 18.9 Å². The van der Waals surface area contributed by atoms with Crippen LogP contribution in [0.15, 0.2) is 36.7 Å². The standard InChI is InChI=1S/C24H29N5O3.H2S/c1-5-22(30)29-10-11-31-18(14-29)15-32-24-23-20(25-8-9-26-23)13-19(27-24)17-6-7-21(28(3)4)16(2)12-17;/h6-9,12-13,18H,5,10-11,14-15H2,1-4H3;1H2/t18-;/m0./s1. The van der Waals surface area contributed by atoms with Gasteiger partial charge in [-0.25, -0.2) is 9.97 Å². The molecule has 1 atom stereocenters. The molecule has 3 heterocycles. The van der Waals surface area contributed by atoms with E-state index in [1.54, 1.807) is 12.4 Å². The average molecular weight is 470 g/mol. The highest BCUT2D eigenvalue weighted by molar-refractivity contribution is 7.59.